The van der Waals surface area contributed by atoms with Gasteiger partial charge in [0, 0.05) is 17.7 Å². The van der Waals surface area contributed by atoms with Gasteiger partial charge in [-0.3, -0.25) is 5.10 Å². The lowest BCUT2D eigenvalue weighted by molar-refractivity contribution is 0.411. The highest BCUT2D eigenvalue weighted by Crippen LogP contribution is 2.27. The monoisotopic (exact) mass is 277 g/mol. The Hall–Kier alpha value is -1.49. The maximum absolute atomic E-state index is 5.37. The number of nitrogens with one attached hydrogen (secondary N) is 1. The molecule has 0 amide bonds. The van der Waals surface area contributed by atoms with E-state index >= 15 is 0 Å². The van der Waals surface area contributed by atoms with E-state index in [4.69, 9.17) is 4.74 Å². The number of rotatable bonds is 6. The average molecular weight is 277 g/mol. The molecule has 0 aliphatic rings. The van der Waals surface area contributed by atoms with Crippen LogP contribution in [0.3, 0.4) is 0 Å². The van der Waals surface area contributed by atoms with Gasteiger partial charge in [0.05, 0.1) is 7.11 Å². The SMILES string of the molecule is CCCc1nc(SCc2cc(C)ccc2OC)n[nH]1. The summed E-state index contributed by atoms with van der Waals surface area (Å²) in [5, 5.41) is 7.98. The maximum Gasteiger partial charge on any atom is 0.208 e. The number of aryl methyl sites for hydroxylation is 2. The van der Waals surface area contributed by atoms with Crippen molar-refractivity contribution in [2.45, 2.75) is 37.6 Å². The maximum atomic E-state index is 5.37. The second-order valence-electron chi connectivity index (χ2n) is 4.42. The van der Waals surface area contributed by atoms with Crippen molar-refractivity contribution in [3.8, 4) is 5.75 Å². The topological polar surface area (TPSA) is 50.8 Å². The van der Waals surface area contributed by atoms with Gasteiger partial charge in [-0.1, -0.05) is 36.4 Å². The Labute approximate surface area is 118 Å². The van der Waals surface area contributed by atoms with E-state index < -0.39 is 0 Å². The highest BCUT2D eigenvalue weighted by molar-refractivity contribution is 7.98. The normalized spacial score (nSPS) is 10.7. The molecule has 2 aromatic rings. The van der Waals surface area contributed by atoms with Crippen LogP contribution < -0.4 is 4.74 Å². The molecule has 0 bridgehead atoms. The van der Waals surface area contributed by atoms with Crippen LogP contribution in [-0.4, -0.2) is 22.3 Å². The molecule has 0 saturated carbocycles. The van der Waals surface area contributed by atoms with E-state index in [1.54, 1.807) is 18.9 Å². The minimum absolute atomic E-state index is 0.798. The lowest BCUT2D eigenvalue weighted by Gasteiger charge is -2.07. The van der Waals surface area contributed by atoms with Gasteiger partial charge in [-0.25, -0.2) is 4.98 Å². The number of benzene rings is 1. The molecule has 4 nitrogen and oxygen atoms in total. The van der Waals surface area contributed by atoms with Gasteiger partial charge >= 0.3 is 0 Å². The summed E-state index contributed by atoms with van der Waals surface area (Å²) < 4.78 is 5.37. The molecule has 1 aromatic carbocycles. The first-order valence-corrected chi connectivity index (χ1v) is 7.39. The van der Waals surface area contributed by atoms with Gasteiger partial charge in [-0.15, -0.1) is 5.10 Å². The van der Waals surface area contributed by atoms with Crippen molar-refractivity contribution in [2.75, 3.05) is 7.11 Å². The molecule has 0 aliphatic heterocycles. The lowest BCUT2D eigenvalue weighted by atomic mass is 10.1. The zero-order valence-corrected chi connectivity index (χ0v) is 12.4. The van der Waals surface area contributed by atoms with Crippen LogP contribution >= 0.6 is 11.8 Å². The molecule has 0 unspecified atom stereocenters. The Morgan fingerprint density at radius 1 is 1.37 bits per heavy atom. The number of nitrogens with zero attached hydrogens (tertiary/aromatic N) is 2. The minimum atomic E-state index is 0.798. The molecule has 1 heterocycles. The van der Waals surface area contributed by atoms with E-state index in [1.165, 1.54) is 11.1 Å². The van der Waals surface area contributed by atoms with Crippen LogP contribution in [0.2, 0.25) is 0 Å². The Morgan fingerprint density at radius 3 is 2.95 bits per heavy atom. The van der Waals surface area contributed by atoms with E-state index in [-0.39, 0.29) is 0 Å². The highest BCUT2D eigenvalue weighted by atomic mass is 32.2. The van der Waals surface area contributed by atoms with Crippen molar-refractivity contribution in [3.63, 3.8) is 0 Å². The van der Waals surface area contributed by atoms with Gasteiger partial charge in [0.1, 0.15) is 11.6 Å². The van der Waals surface area contributed by atoms with Crippen LogP contribution in [0.4, 0.5) is 0 Å². The predicted molar refractivity (Wildman–Crippen MR) is 77.7 cm³/mol. The molecule has 0 spiro atoms. The molecule has 0 fully saturated rings. The third-order valence-corrected chi connectivity index (χ3v) is 3.69. The molecule has 1 N–H and O–H groups in total. The number of hydrogen-bond donors (Lipinski definition) is 1. The summed E-state index contributed by atoms with van der Waals surface area (Å²) in [6.07, 6.45) is 2.02. The highest BCUT2D eigenvalue weighted by Gasteiger charge is 2.07. The van der Waals surface area contributed by atoms with Crippen LogP contribution in [-0.2, 0) is 12.2 Å². The van der Waals surface area contributed by atoms with Gasteiger partial charge in [-0.2, -0.15) is 0 Å². The number of ether oxygens (including phenoxy) is 1. The molecule has 2 rings (SSSR count). The van der Waals surface area contributed by atoms with E-state index in [2.05, 4.69) is 41.2 Å². The number of aromatic nitrogens is 3. The van der Waals surface area contributed by atoms with E-state index in [1.807, 2.05) is 6.07 Å². The van der Waals surface area contributed by atoms with Gasteiger partial charge in [0.15, 0.2) is 0 Å². The van der Waals surface area contributed by atoms with Crippen LogP contribution in [0, 0.1) is 6.92 Å². The number of hydrogen-bond acceptors (Lipinski definition) is 4. The zero-order valence-electron chi connectivity index (χ0n) is 11.6. The number of thioether (sulfide) groups is 1. The standard InChI is InChI=1S/C14H19N3OS/c1-4-5-13-15-14(17-16-13)19-9-11-8-10(2)6-7-12(11)18-3/h6-8H,4-5,9H2,1-3H3,(H,15,16,17). The molecule has 0 atom stereocenters. The van der Waals surface area contributed by atoms with Gasteiger partial charge < -0.3 is 4.74 Å². The molecule has 0 radical (unpaired) electrons. The van der Waals surface area contributed by atoms with Crippen molar-refractivity contribution >= 4 is 11.8 Å². The summed E-state index contributed by atoms with van der Waals surface area (Å²) in [4.78, 5) is 4.45. The van der Waals surface area contributed by atoms with Gasteiger partial charge in [-0.05, 0) is 19.4 Å². The molecule has 102 valence electrons. The van der Waals surface area contributed by atoms with E-state index in [9.17, 15) is 0 Å². The zero-order chi connectivity index (χ0) is 13.7. The fourth-order valence-electron chi connectivity index (χ4n) is 1.85. The minimum Gasteiger partial charge on any atom is -0.496 e. The number of methoxy groups -OCH3 is 1. The molecule has 19 heavy (non-hydrogen) atoms. The largest absolute Gasteiger partial charge is 0.496 e. The first-order chi connectivity index (χ1) is 9.22. The van der Waals surface area contributed by atoms with Crippen LogP contribution in [0.5, 0.6) is 5.75 Å². The van der Waals surface area contributed by atoms with Gasteiger partial charge in [0.25, 0.3) is 0 Å². The van der Waals surface area contributed by atoms with E-state index in [0.717, 1.165) is 35.3 Å². The van der Waals surface area contributed by atoms with E-state index in [0.29, 0.717) is 0 Å². The number of H-pyrrole nitrogens is 1. The van der Waals surface area contributed by atoms with Crippen molar-refractivity contribution in [2.24, 2.45) is 0 Å². The first-order valence-electron chi connectivity index (χ1n) is 6.40. The molecule has 0 aliphatic carbocycles. The number of aromatic amines is 1. The average Bonchev–Trinajstić information content (AvgIpc) is 2.85. The second kappa shape index (κ2) is 6.61. The predicted octanol–water partition coefficient (Wildman–Crippen LogP) is 3.37. The molecule has 0 saturated heterocycles. The van der Waals surface area contributed by atoms with Crippen molar-refractivity contribution in [3.05, 3.63) is 35.2 Å². The van der Waals surface area contributed by atoms with Crippen LogP contribution in [0.1, 0.15) is 30.3 Å². The third-order valence-electron chi connectivity index (χ3n) is 2.79. The molecule has 5 heteroatoms. The fraction of sp³-hybridized carbons (Fsp3) is 0.429. The summed E-state index contributed by atoms with van der Waals surface area (Å²) in [5.41, 5.74) is 2.41. The summed E-state index contributed by atoms with van der Waals surface area (Å²) in [5.74, 6) is 2.69. The first kappa shape index (κ1) is 13.9. The second-order valence-corrected chi connectivity index (χ2v) is 5.36. The van der Waals surface area contributed by atoms with Gasteiger partial charge in [0.2, 0.25) is 5.16 Å². The molecule has 1 aromatic heterocycles. The summed E-state index contributed by atoms with van der Waals surface area (Å²) in [7, 11) is 1.70. The van der Waals surface area contributed by atoms with Crippen LogP contribution in [0.25, 0.3) is 0 Å². The van der Waals surface area contributed by atoms with Crippen molar-refractivity contribution < 1.29 is 4.74 Å². The van der Waals surface area contributed by atoms with Crippen molar-refractivity contribution in [1.82, 2.24) is 15.2 Å². The van der Waals surface area contributed by atoms with Crippen molar-refractivity contribution in [1.29, 1.82) is 0 Å². The van der Waals surface area contributed by atoms with Crippen LogP contribution in [0.15, 0.2) is 23.4 Å². The quantitative estimate of drug-likeness (QED) is 0.823. The summed E-state index contributed by atoms with van der Waals surface area (Å²) in [6.45, 7) is 4.21. The smallest absolute Gasteiger partial charge is 0.208 e. The Kier molecular flexibility index (Phi) is 4.85. The summed E-state index contributed by atoms with van der Waals surface area (Å²) >= 11 is 1.62. The molecular formula is C14H19N3OS. The molecular weight excluding hydrogens is 258 g/mol. The summed E-state index contributed by atoms with van der Waals surface area (Å²) in [6, 6.07) is 6.20. The Morgan fingerprint density at radius 2 is 2.21 bits per heavy atom. The fourth-order valence-corrected chi connectivity index (χ4v) is 2.65. The third kappa shape index (κ3) is 3.73. The Bertz CT molecular complexity index is 539. The Balaban J connectivity index is 2.03. The lowest BCUT2D eigenvalue weighted by Crippen LogP contribution is -1.91.